The fourth-order valence-corrected chi connectivity index (χ4v) is 1.87. The third kappa shape index (κ3) is 3.80. The molecule has 106 valence electrons. The van der Waals surface area contributed by atoms with Crippen LogP contribution in [0.15, 0.2) is 28.9 Å². The second-order valence-corrected chi connectivity index (χ2v) is 5.27. The Morgan fingerprint density at radius 1 is 1.45 bits per heavy atom. The first kappa shape index (κ1) is 15.0. The molecular weight excluding hydrogens is 349 g/mol. The molecule has 1 heterocycles. The van der Waals surface area contributed by atoms with Gasteiger partial charge >= 0.3 is 0 Å². The Balaban J connectivity index is 2.25. The molecule has 2 aromatic rings. The van der Waals surface area contributed by atoms with Crippen molar-refractivity contribution in [3.05, 3.63) is 39.7 Å². The molecule has 20 heavy (non-hydrogen) atoms. The number of ether oxygens (including phenoxy) is 1. The van der Waals surface area contributed by atoms with Gasteiger partial charge in [-0.15, -0.1) is 0 Å². The minimum absolute atomic E-state index is 0.0430. The zero-order valence-electron chi connectivity index (χ0n) is 10.7. The van der Waals surface area contributed by atoms with Crippen molar-refractivity contribution < 1.29 is 9.13 Å². The van der Waals surface area contributed by atoms with Gasteiger partial charge in [-0.25, -0.2) is 9.37 Å². The number of benzene rings is 1. The SMILES string of the molecule is CCCNc1ncc(Cl)c(Oc2cc(Br)ccc2F)n1. The van der Waals surface area contributed by atoms with E-state index in [-0.39, 0.29) is 16.7 Å². The quantitative estimate of drug-likeness (QED) is 0.843. The zero-order valence-corrected chi connectivity index (χ0v) is 13.0. The van der Waals surface area contributed by atoms with Crippen LogP contribution < -0.4 is 10.1 Å². The predicted octanol–water partition coefficient (Wildman–Crippen LogP) is 4.65. The smallest absolute Gasteiger partial charge is 0.243 e. The first-order chi connectivity index (χ1) is 9.60. The Bertz CT molecular complexity index is 612. The number of aromatic nitrogens is 2. The minimum atomic E-state index is -0.494. The van der Waals surface area contributed by atoms with Crippen LogP contribution in [-0.2, 0) is 0 Å². The second-order valence-electron chi connectivity index (χ2n) is 3.95. The maximum absolute atomic E-state index is 13.6. The third-order valence-corrected chi connectivity index (χ3v) is 3.10. The highest BCUT2D eigenvalue weighted by molar-refractivity contribution is 9.10. The van der Waals surface area contributed by atoms with Crippen LogP contribution in [0.4, 0.5) is 10.3 Å². The lowest BCUT2D eigenvalue weighted by molar-refractivity contribution is 0.427. The molecule has 0 amide bonds. The average molecular weight is 361 g/mol. The molecule has 0 unspecified atom stereocenters. The van der Waals surface area contributed by atoms with Gasteiger partial charge in [0.15, 0.2) is 11.6 Å². The Morgan fingerprint density at radius 3 is 3.00 bits per heavy atom. The topological polar surface area (TPSA) is 47.0 Å². The summed E-state index contributed by atoms with van der Waals surface area (Å²) in [5, 5.41) is 3.22. The van der Waals surface area contributed by atoms with E-state index in [0.717, 1.165) is 13.0 Å². The van der Waals surface area contributed by atoms with Crippen molar-refractivity contribution in [3.63, 3.8) is 0 Å². The molecule has 0 saturated heterocycles. The molecule has 1 aromatic carbocycles. The molecular formula is C13H12BrClFN3O. The summed E-state index contributed by atoms with van der Waals surface area (Å²) in [4.78, 5) is 8.14. The van der Waals surface area contributed by atoms with Gasteiger partial charge in [0.2, 0.25) is 11.8 Å². The molecule has 0 atom stereocenters. The Morgan fingerprint density at radius 2 is 2.25 bits per heavy atom. The Labute approximate surface area is 129 Å². The molecule has 1 aromatic heterocycles. The summed E-state index contributed by atoms with van der Waals surface area (Å²) in [6.07, 6.45) is 2.35. The van der Waals surface area contributed by atoms with E-state index in [9.17, 15) is 4.39 Å². The molecule has 0 saturated carbocycles. The van der Waals surface area contributed by atoms with E-state index in [1.54, 1.807) is 6.07 Å². The van der Waals surface area contributed by atoms with Gasteiger partial charge in [0, 0.05) is 11.0 Å². The Hall–Kier alpha value is -1.40. The van der Waals surface area contributed by atoms with Crippen LogP contribution in [-0.4, -0.2) is 16.5 Å². The standard InChI is InChI=1S/C13H12BrClFN3O/c1-2-5-17-13-18-7-9(15)12(19-13)20-11-6-8(14)3-4-10(11)16/h3-4,6-7H,2,5H2,1H3,(H,17,18,19). The fraction of sp³-hybridized carbons (Fsp3) is 0.231. The monoisotopic (exact) mass is 359 g/mol. The lowest BCUT2D eigenvalue weighted by Crippen LogP contribution is -2.05. The number of halogens is 3. The number of anilines is 1. The van der Waals surface area contributed by atoms with Crippen molar-refractivity contribution in [2.75, 3.05) is 11.9 Å². The summed E-state index contributed by atoms with van der Waals surface area (Å²) in [5.41, 5.74) is 0. The van der Waals surface area contributed by atoms with Gasteiger partial charge < -0.3 is 10.1 Å². The van der Waals surface area contributed by atoms with E-state index >= 15 is 0 Å². The van der Waals surface area contributed by atoms with Gasteiger partial charge in [-0.3, -0.25) is 0 Å². The molecule has 0 radical (unpaired) electrons. The fourth-order valence-electron chi connectivity index (χ4n) is 1.40. The molecule has 4 nitrogen and oxygen atoms in total. The maximum atomic E-state index is 13.6. The number of hydrogen-bond donors (Lipinski definition) is 1. The van der Waals surface area contributed by atoms with Gasteiger partial charge in [-0.1, -0.05) is 34.5 Å². The first-order valence-corrected chi connectivity index (χ1v) is 7.16. The highest BCUT2D eigenvalue weighted by atomic mass is 79.9. The summed E-state index contributed by atoms with van der Waals surface area (Å²) >= 11 is 9.21. The summed E-state index contributed by atoms with van der Waals surface area (Å²) < 4.78 is 19.8. The molecule has 0 aliphatic heterocycles. The highest BCUT2D eigenvalue weighted by Crippen LogP contribution is 2.30. The third-order valence-electron chi connectivity index (χ3n) is 2.34. The van der Waals surface area contributed by atoms with Crippen LogP contribution >= 0.6 is 27.5 Å². The van der Waals surface area contributed by atoms with Crippen molar-refractivity contribution in [2.45, 2.75) is 13.3 Å². The number of nitrogens with zero attached hydrogens (tertiary/aromatic N) is 2. The van der Waals surface area contributed by atoms with Gasteiger partial charge in [0.05, 0.1) is 6.20 Å². The first-order valence-electron chi connectivity index (χ1n) is 5.99. The second kappa shape index (κ2) is 6.85. The van der Waals surface area contributed by atoms with Crippen LogP contribution in [0.1, 0.15) is 13.3 Å². The summed E-state index contributed by atoms with van der Waals surface area (Å²) in [7, 11) is 0. The van der Waals surface area contributed by atoms with Crippen molar-refractivity contribution >= 4 is 33.5 Å². The molecule has 0 aliphatic rings. The van der Waals surface area contributed by atoms with E-state index in [1.165, 1.54) is 18.3 Å². The molecule has 0 aliphatic carbocycles. The Kier molecular flexibility index (Phi) is 5.14. The van der Waals surface area contributed by atoms with Crippen LogP contribution in [0.5, 0.6) is 11.6 Å². The van der Waals surface area contributed by atoms with Gasteiger partial charge in [-0.2, -0.15) is 4.98 Å². The van der Waals surface area contributed by atoms with E-state index in [2.05, 4.69) is 31.2 Å². The van der Waals surface area contributed by atoms with Crippen molar-refractivity contribution in [3.8, 4) is 11.6 Å². The minimum Gasteiger partial charge on any atom is -0.434 e. The van der Waals surface area contributed by atoms with E-state index in [4.69, 9.17) is 16.3 Å². The number of hydrogen-bond acceptors (Lipinski definition) is 4. The lowest BCUT2D eigenvalue weighted by atomic mass is 10.3. The van der Waals surface area contributed by atoms with Gasteiger partial charge in [0.25, 0.3) is 0 Å². The zero-order chi connectivity index (χ0) is 14.5. The molecule has 0 fully saturated rings. The van der Waals surface area contributed by atoms with Crippen LogP contribution in [0.25, 0.3) is 0 Å². The normalized spacial score (nSPS) is 10.4. The van der Waals surface area contributed by atoms with E-state index in [1.807, 2.05) is 6.92 Å². The van der Waals surface area contributed by atoms with E-state index < -0.39 is 5.82 Å². The molecule has 1 N–H and O–H groups in total. The van der Waals surface area contributed by atoms with Crippen molar-refractivity contribution in [1.82, 2.24) is 9.97 Å². The predicted molar refractivity (Wildman–Crippen MR) is 80.0 cm³/mol. The molecule has 0 bridgehead atoms. The molecule has 2 rings (SSSR count). The van der Waals surface area contributed by atoms with Crippen molar-refractivity contribution in [2.24, 2.45) is 0 Å². The van der Waals surface area contributed by atoms with Crippen molar-refractivity contribution in [1.29, 1.82) is 0 Å². The highest BCUT2D eigenvalue weighted by Gasteiger charge is 2.11. The van der Waals surface area contributed by atoms with Crippen LogP contribution in [0.2, 0.25) is 5.02 Å². The average Bonchev–Trinajstić information content (AvgIpc) is 2.43. The number of nitrogens with one attached hydrogen (secondary N) is 1. The molecule has 0 spiro atoms. The van der Waals surface area contributed by atoms with Crippen LogP contribution in [0.3, 0.4) is 0 Å². The van der Waals surface area contributed by atoms with Crippen LogP contribution in [0, 0.1) is 5.82 Å². The van der Waals surface area contributed by atoms with Gasteiger partial charge in [0.1, 0.15) is 5.02 Å². The maximum Gasteiger partial charge on any atom is 0.243 e. The van der Waals surface area contributed by atoms with Gasteiger partial charge in [-0.05, 0) is 24.6 Å². The summed E-state index contributed by atoms with van der Waals surface area (Å²) in [5.74, 6) is 0.0475. The largest absolute Gasteiger partial charge is 0.434 e. The van der Waals surface area contributed by atoms with E-state index in [0.29, 0.717) is 10.4 Å². The molecule has 7 heteroatoms. The lowest BCUT2D eigenvalue weighted by Gasteiger charge is -2.09. The summed E-state index contributed by atoms with van der Waals surface area (Å²) in [6, 6.07) is 4.38. The number of rotatable bonds is 5. The summed E-state index contributed by atoms with van der Waals surface area (Å²) in [6.45, 7) is 2.75.